The van der Waals surface area contributed by atoms with Crippen molar-refractivity contribution >= 4 is 34.6 Å². The lowest BCUT2D eigenvalue weighted by molar-refractivity contribution is -0.134. The highest BCUT2D eigenvalue weighted by Gasteiger charge is 2.35. The largest absolute Gasteiger partial charge is 0.497 e. The molecule has 0 aromatic heterocycles. The minimum Gasteiger partial charge on any atom is -0.497 e. The summed E-state index contributed by atoms with van der Waals surface area (Å²) >= 11 is 1.05. The van der Waals surface area contributed by atoms with E-state index in [1.54, 1.807) is 7.11 Å². The SMILES string of the molecule is CNC(=O)C(Cc1ccc(OC)cc1)NC(=O)C(CC(C)C)C(CC(=O)N1CCN(C)CC1)SC(C)=O. The van der Waals surface area contributed by atoms with Crippen LogP contribution in [-0.2, 0) is 25.6 Å². The van der Waals surface area contributed by atoms with Crippen LogP contribution in [0, 0.1) is 11.8 Å². The molecule has 1 aromatic carbocycles. The molecule has 0 saturated carbocycles. The summed E-state index contributed by atoms with van der Waals surface area (Å²) in [5.74, 6) is -0.416. The van der Waals surface area contributed by atoms with E-state index in [9.17, 15) is 19.2 Å². The summed E-state index contributed by atoms with van der Waals surface area (Å²) < 4.78 is 5.20. The first-order chi connectivity index (χ1) is 17.5. The van der Waals surface area contributed by atoms with Crippen molar-refractivity contribution in [2.45, 2.75) is 51.3 Å². The third-order valence-corrected chi connectivity index (χ3v) is 7.67. The third-order valence-electron chi connectivity index (χ3n) is 6.54. The van der Waals surface area contributed by atoms with Crippen molar-refractivity contribution in [2.24, 2.45) is 11.8 Å². The smallest absolute Gasteiger partial charge is 0.242 e. The Morgan fingerprint density at radius 1 is 1.03 bits per heavy atom. The van der Waals surface area contributed by atoms with Crippen LogP contribution in [-0.4, -0.2) is 91.3 Å². The number of hydrogen-bond acceptors (Lipinski definition) is 7. The number of nitrogens with zero attached hydrogens (tertiary/aromatic N) is 2. The summed E-state index contributed by atoms with van der Waals surface area (Å²) in [6.07, 6.45) is 0.895. The van der Waals surface area contributed by atoms with Gasteiger partial charge in [0.2, 0.25) is 17.7 Å². The summed E-state index contributed by atoms with van der Waals surface area (Å²) in [5.41, 5.74) is 0.870. The molecule has 1 fully saturated rings. The average Bonchev–Trinajstić information content (AvgIpc) is 2.86. The number of carbonyl (C=O) groups excluding carboxylic acids is 4. The van der Waals surface area contributed by atoms with E-state index in [4.69, 9.17) is 4.74 Å². The maximum atomic E-state index is 13.7. The third kappa shape index (κ3) is 10.0. The zero-order valence-corrected chi connectivity index (χ0v) is 23.7. The molecule has 2 N–H and O–H groups in total. The summed E-state index contributed by atoms with van der Waals surface area (Å²) in [7, 11) is 5.14. The van der Waals surface area contributed by atoms with Gasteiger partial charge in [-0.3, -0.25) is 19.2 Å². The zero-order valence-electron chi connectivity index (χ0n) is 22.9. The molecule has 3 atom stereocenters. The topological polar surface area (TPSA) is 108 Å². The first-order valence-electron chi connectivity index (χ1n) is 12.8. The zero-order chi connectivity index (χ0) is 27.5. The van der Waals surface area contributed by atoms with Crippen molar-refractivity contribution in [3.63, 3.8) is 0 Å². The summed E-state index contributed by atoms with van der Waals surface area (Å²) in [5, 5.41) is 4.90. The van der Waals surface area contributed by atoms with Crippen LogP contribution >= 0.6 is 11.8 Å². The second-order valence-electron chi connectivity index (χ2n) is 10.00. The molecule has 0 aliphatic carbocycles. The van der Waals surface area contributed by atoms with Crippen molar-refractivity contribution < 1.29 is 23.9 Å². The lowest BCUT2D eigenvalue weighted by Gasteiger charge is -2.34. The number of piperazine rings is 1. The Morgan fingerprint density at radius 3 is 2.16 bits per heavy atom. The Kier molecular flexibility index (Phi) is 12.4. The van der Waals surface area contributed by atoms with Gasteiger partial charge in [-0.15, -0.1) is 0 Å². The Hall–Kier alpha value is -2.59. The molecule has 0 spiro atoms. The molecule has 1 saturated heterocycles. The number of amides is 3. The molecule has 9 nitrogen and oxygen atoms in total. The Balaban J connectivity index is 2.23. The van der Waals surface area contributed by atoms with Crippen LogP contribution in [0.25, 0.3) is 0 Å². The number of rotatable bonds is 12. The van der Waals surface area contributed by atoms with E-state index in [1.165, 1.54) is 14.0 Å². The molecule has 206 valence electrons. The van der Waals surface area contributed by atoms with Crippen molar-refractivity contribution in [2.75, 3.05) is 47.4 Å². The molecule has 1 heterocycles. The predicted octanol–water partition coefficient (Wildman–Crippen LogP) is 1.94. The number of nitrogens with one attached hydrogen (secondary N) is 2. The van der Waals surface area contributed by atoms with E-state index in [0.717, 1.165) is 30.4 Å². The molecule has 37 heavy (non-hydrogen) atoms. The van der Waals surface area contributed by atoms with Gasteiger partial charge < -0.3 is 25.2 Å². The number of thioether (sulfide) groups is 1. The van der Waals surface area contributed by atoms with Gasteiger partial charge in [0, 0.05) is 58.2 Å². The Labute approximate surface area is 225 Å². The fourth-order valence-electron chi connectivity index (χ4n) is 4.43. The van der Waals surface area contributed by atoms with Crippen LogP contribution in [0.1, 0.15) is 39.2 Å². The van der Waals surface area contributed by atoms with E-state index < -0.39 is 17.2 Å². The number of likely N-dealkylation sites (N-methyl/N-ethyl adjacent to an activating group) is 2. The van der Waals surface area contributed by atoms with E-state index in [1.807, 2.05) is 50.1 Å². The van der Waals surface area contributed by atoms with Gasteiger partial charge in [0.25, 0.3) is 0 Å². The summed E-state index contributed by atoms with van der Waals surface area (Å²) in [6.45, 7) is 8.33. The molecule has 1 aliphatic heterocycles. The van der Waals surface area contributed by atoms with Crippen LogP contribution in [0.15, 0.2) is 24.3 Å². The van der Waals surface area contributed by atoms with Gasteiger partial charge in [0.15, 0.2) is 5.12 Å². The van der Waals surface area contributed by atoms with Crippen LogP contribution in [0.3, 0.4) is 0 Å². The molecule has 3 unspecified atom stereocenters. The molecule has 0 bridgehead atoms. The summed E-state index contributed by atoms with van der Waals surface area (Å²) in [4.78, 5) is 55.7. The predicted molar refractivity (Wildman–Crippen MR) is 146 cm³/mol. The number of ether oxygens (including phenoxy) is 1. The van der Waals surface area contributed by atoms with Crippen LogP contribution < -0.4 is 15.4 Å². The number of carbonyl (C=O) groups is 4. The molecule has 1 aliphatic rings. The fraction of sp³-hybridized carbons (Fsp3) is 0.630. The standard InChI is InChI=1S/C27H42N4O5S/c1-18(2)15-22(24(37-19(3)32)17-25(33)31-13-11-30(5)12-14-31)26(34)29-23(27(35)28-4)16-20-7-9-21(36-6)10-8-20/h7-10,18,22-24H,11-17H2,1-6H3,(H,28,35)(H,29,34). The normalized spacial score (nSPS) is 16.6. The highest BCUT2D eigenvalue weighted by molar-refractivity contribution is 8.14. The van der Waals surface area contributed by atoms with Crippen LogP contribution in [0.5, 0.6) is 5.75 Å². The van der Waals surface area contributed by atoms with E-state index in [-0.39, 0.29) is 35.2 Å². The maximum absolute atomic E-state index is 13.7. The minimum atomic E-state index is -0.795. The fourth-order valence-corrected chi connectivity index (χ4v) is 5.48. The maximum Gasteiger partial charge on any atom is 0.242 e. The second kappa shape index (κ2) is 15.0. The van der Waals surface area contributed by atoms with Gasteiger partial charge in [0.05, 0.1) is 13.0 Å². The second-order valence-corrected chi connectivity index (χ2v) is 11.4. The minimum absolute atomic E-state index is 0.0468. The van der Waals surface area contributed by atoms with Gasteiger partial charge >= 0.3 is 0 Å². The first kappa shape index (κ1) is 30.6. The lowest BCUT2D eigenvalue weighted by atomic mass is 9.90. The first-order valence-corrected chi connectivity index (χ1v) is 13.7. The number of hydrogen-bond donors (Lipinski definition) is 2. The van der Waals surface area contributed by atoms with Crippen LogP contribution in [0.2, 0.25) is 0 Å². The van der Waals surface area contributed by atoms with E-state index >= 15 is 0 Å². The van der Waals surface area contributed by atoms with E-state index in [2.05, 4.69) is 15.5 Å². The molecular formula is C27H42N4O5S. The number of methoxy groups -OCH3 is 1. The van der Waals surface area contributed by atoms with Gasteiger partial charge in [-0.2, -0.15) is 0 Å². The highest BCUT2D eigenvalue weighted by Crippen LogP contribution is 2.30. The van der Waals surface area contributed by atoms with E-state index in [0.29, 0.717) is 31.7 Å². The molecule has 2 rings (SSSR count). The quantitative estimate of drug-likeness (QED) is 0.422. The molecular weight excluding hydrogens is 492 g/mol. The Morgan fingerprint density at radius 2 is 1.65 bits per heavy atom. The highest BCUT2D eigenvalue weighted by atomic mass is 32.2. The molecule has 1 aromatic rings. The lowest BCUT2D eigenvalue weighted by Crippen LogP contribution is -2.51. The average molecular weight is 535 g/mol. The van der Waals surface area contributed by atoms with Gasteiger partial charge in [0.1, 0.15) is 11.8 Å². The van der Waals surface area contributed by atoms with Crippen molar-refractivity contribution in [3.05, 3.63) is 29.8 Å². The molecule has 10 heteroatoms. The summed E-state index contributed by atoms with van der Waals surface area (Å²) in [6, 6.07) is 6.54. The van der Waals surface area contributed by atoms with Crippen molar-refractivity contribution in [1.29, 1.82) is 0 Å². The van der Waals surface area contributed by atoms with Gasteiger partial charge in [-0.1, -0.05) is 37.7 Å². The van der Waals surface area contributed by atoms with Crippen LogP contribution in [0.4, 0.5) is 0 Å². The molecule has 0 radical (unpaired) electrons. The Bertz CT molecular complexity index is 916. The van der Waals surface area contributed by atoms with Crippen molar-refractivity contribution in [3.8, 4) is 5.75 Å². The number of benzene rings is 1. The van der Waals surface area contributed by atoms with Gasteiger partial charge in [-0.05, 0) is 37.1 Å². The molecule has 3 amide bonds. The monoisotopic (exact) mass is 534 g/mol. The van der Waals surface area contributed by atoms with Gasteiger partial charge in [-0.25, -0.2) is 0 Å². The van der Waals surface area contributed by atoms with Crippen molar-refractivity contribution in [1.82, 2.24) is 20.4 Å².